The molecule has 0 aromatic carbocycles. The molecule has 3 aliphatic rings. The number of phosphoric ester groups is 3. The zero-order chi connectivity index (χ0) is 56.4. The number of aliphatic hydroxyl groups excluding tert-OH is 4. The molecule has 16 N–H and O–H groups in total. The summed E-state index contributed by atoms with van der Waals surface area (Å²) in [6.07, 6.45) is -16.1. The molecule has 16 atom stereocenters. The van der Waals surface area contributed by atoms with E-state index in [-0.39, 0.29) is 57.8 Å². The van der Waals surface area contributed by atoms with Crippen LogP contribution in [0.2, 0.25) is 0 Å². The molecule has 3 aliphatic heterocycles. The summed E-state index contributed by atoms with van der Waals surface area (Å²) in [5, 5.41) is 43.4. The van der Waals surface area contributed by atoms with Crippen LogP contribution in [0.15, 0.2) is 34.9 Å². The van der Waals surface area contributed by atoms with Gasteiger partial charge in [-0.3, -0.25) is 51.4 Å². The maximum Gasteiger partial charge on any atom is 0.490 e. The molecular formula is C34H48N15O25P4+. The number of hydrogen-bond donors (Lipinski definition) is 13. The maximum atomic E-state index is 13.8. The van der Waals surface area contributed by atoms with E-state index < -0.39 is 136 Å². The monoisotopic (exact) mass is 1190 g/mol. The SMILES string of the molecule is CCCOO[C@H]1C(OP(=O)(O)OC[C@H]2O[C@@H](n3cnc4c(=O)[nH]c(N)nc43)[C@@H](O)C2O)[C@@H](COP(=O)(O)OP(=O)(O)OP(=O)(O)OC[C@H]2O[C@@H]([n+]3cn(C)c4c(=O)[nH]c(N)nc43)[C@@H](O)C2O)O[C@H]1n1cnc2c(N)ncnc21. The van der Waals surface area contributed by atoms with Crippen LogP contribution in [0, 0.1) is 0 Å². The van der Waals surface area contributed by atoms with Gasteiger partial charge < -0.3 is 71.4 Å². The fraction of sp³-hybridized carbons (Fsp3) is 0.559. The molecule has 0 saturated carbocycles. The van der Waals surface area contributed by atoms with Gasteiger partial charge in [0.25, 0.3) is 17.1 Å². The molecule has 9 rings (SSSR count). The van der Waals surface area contributed by atoms with E-state index in [0.29, 0.717) is 6.42 Å². The Morgan fingerprint density at radius 3 is 1.94 bits per heavy atom. The molecule has 40 nitrogen and oxygen atoms in total. The van der Waals surface area contributed by atoms with Gasteiger partial charge in [-0.2, -0.15) is 13.6 Å². The number of nitrogens with zero attached hydrogens (tertiary/aromatic N) is 10. The number of phosphoric acid groups is 4. The second-order valence-electron chi connectivity index (χ2n) is 17.2. The molecule has 3 fully saturated rings. The summed E-state index contributed by atoms with van der Waals surface area (Å²) in [5.74, 6) is -0.748. The molecule has 0 amide bonds. The van der Waals surface area contributed by atoms with Crippen LogP contribution in [-0.2, 0) is 76.0 Å². The zero-order valence-corrected chi connectivity index (χ0v) is 43.4. The Kier molecular flexibility index (Phi) is 16.2. The molecule has 0 aliphatic carbocycles. The van der Waals surface area contributed by atoms with Crippen molar-refractivity contribution in [3.05, 3.63) is 46.0 Å². The van der Waals surface area contributed by atoms with Gasteiger partial charge in [0.2, 0.25) is 17.7 Å². The summed E-state index contributed by atoms with van der Waals surface area (Å²) in [5.41, 5.74) is 15.4. The van der Waals surface area contributed by atoms with Crippen molar-refractivity contribution in [1.82, 2.24) is 53.6 Å². The van der Waals surface area contributed by atoms with Crippen LogP contribution in [0.1, 0.15) is 32.0 Å². The van der Waals surface area contributed by atoms with E-state index in [1.165, 1.54) is 17.9 Å². The number of rotatable bonds is 22. The lowest BCUT2D eigenvalue weighted by Crippen LogP contribution is -2.46. The average molecular weight is 1190 g/mol. The topological polar surface area (TPSA) is 571 Å². The number of nitrogens with one attached hydrogen (secondary N) is 2. The fourth-order valence-electron chi connectivity index (χ4n) is 8.35. The van der Waals surface area contributed by atoms with Gasteiger partial charge >= 0.3 is 36.9 Å². The van der Waals surface area contributed by atoms with Crippen LogP contribution in [0.5, 0.6) is 0 Å². The number of H-pyrrole nitrogens is 2. The van der Waals surface area contributed by atoms with E-state index in [1.54, 1.807) is 6.92 Å². The minimum atomic E-state index is -6.24. The third-order valence-electron chi connectivity index (χ3n) is 11.7. The molecule has 7 unspecified atom stereocenters. The van der Waals surface area contributed by atoms with Gasteiger partial charge in [0.05, 0.1) is 46.1 Å². The predicted octanol–water partition coefficient (Wildman–Crippen LogP) is -4.00. The summed E-state index contributed by atoms with van der Waals surface area (Å²) in [6.45, 7) is -1.92. The summed E-state index contributed by atoms with van der Waals surface area (Å²) in [7, 11) is -22.2. The number of nitrogen functional groups attached to an aromatic ring is 3. The van der Waals surface area contributed by atoms with E-state index in [1.807, 2.05) is 0 Å². The van der Waals surface area contributed by atoms with Crippen LogP contribution in [0.25, 0.3) is 33.5 Å². The number of aromatic amines is 2. The Labute approximate surface area is 432 Å². The van der Waals surface area contributed by atoms with Crippen LogP contribution in [-0.4, -0.2) is 175 Å². The van der Waals surface area contributed by atoms with Gasteiger partial charge in [0.15, 0.2) is 47.5 Å². The van der Waals surface area contributed by atoms with Crippen molar-refractivity contribution < 1.29 is 114 Å². The smallest absolute Gasteiger partial charge is 0.387 e. The normalized spacial score (nSPS) is 29.8. The number of nitrogens with two attached hydrogens (primary N) is 3. The highest BCUT2D eigenvalue weighted by Crippen LogP contribution is 2.68. The lowest BCUT2D eigenvalue weighted by molar-refractivity contribution is -0.745. The van der Waals surface area contributed by atoms with Gasteiger partial charge in [-0.25, -0.2) is 52.5 Å². The Hall–Kier alpha value is -5.19. The van der Waals surface area contributed by atoms with Gasteiger partial charge in [-0.15, -0.1) is 0 Å². The first kappa shape index (κ1) is 57.5. The second kappa shape index (κ2) is 22.0. The second-order valence-corrected chi connectivity index (χ2v) is 23.2. The largest absolute Gasteiger partial charge is 0.490 e. The number of anilines is 3. The van der Waals surface area contributed by atoms with Crippen LogP contribution in [0.4, 0.5) is 17.7 Å². The minimum absolute atomic E-state index is 0.0149. The third kappa shape index (κ3) is 11.8. The van der Waals surface area contributed by atoms with E-state index in [4.69, 9.17) is 59.3 Å². The zero-order valence-electron chi connectivity index (χ0n) is 39.8. The number of hydrogen-bond acceptors (Lipinski definition) is 30. The molecule has 0 bridgehead atoms. The summed E-state index contributed by atoms with van der Waals surface area (Å²) >= 11 is 0. The van der Waals surface area contributed by atoms with Crippen LogP contribution < -0.4 is 32.9 Å². The molecule has 6 aromatic heterocycles. The third-order valence-corrected chi connectivity index (χ3v) is 17.0. The highest BCUT2D eigenvalue weighted by Gasteiger charge is 2.55. The Balaban J connectivity index is 0.886. The first-order valence-corrected chi connectivity index (χ1v) is 28.4. The lowest BCUT2D eigenvalue weighted by atomic mass is 10.1. The number of aromatic nitrogens is 12. The van der Waals surface area contributed by atoms with Gasteiger partial charge in [-0.1, -0.05) is 11.9 Å². The molecule has 428 valence electrons. The quantitative estimate of drug-likeness (QED) is 0.0101. The van der Waals surface area contributed by atoms with Crippen molar-refractivity contribution >= 4 is 82.5 Å². The number of ether oxygens (including phenoxy) is 3. The van der Waals surface area contributed by atoms with E-state index in [0.717, 1.165) is 32.7 Å². The van der Waals surface area contributed by atoms with E-state index >= 15 is 0 Å². The Bertz CT molecular complexity index is 3530. The lowest BCUT2D eigenvalue weighted by Gasteiger charge is -2.26. The van der Waals surface area contributed by atoms with Gasteiger partial charge in [-0.05, 0) is 6.42 Å². The molecule has 0 radical (unpaired) electrons. The van der Waals surface area contributed by atoms with Crippen molar-refractivity contribution in [2.75, 3.05) is 43.6 Å². The van der Waals surface area contributed by atoms with Crippen molar-refractivity contribution in [1.29, 1.82) is 0 Å². The van der Waals surface area contributed by atoms with Gasteiger partial charge in [0.1, 0.15) is 60.7 Å². The van der Waals surface area contributed by atoms with Crippen molar-refractivity contribution in [2.45, 2.75) is 87.0 Å². The molecule has 3 saturated heterocycles. The van der Waals surface area contributed by atoms with Gasteiger partial charge in [0, 0.05) is 0 Å². The number of aryl methyl sites for hydroxylation is 1. The first-order chi connectivity index (χ1) is 36.7. The Morgan fingerprint density at radius 1 is 0.679 bits per heavy atom. The van der Waals surface area contributed by atoms with Crippen molar-refractivity contribution in [3.8, 4) is 0 Å². The standard InChI is InChI=1S/C34H47N15O25P4/c1-3-4-64-71-23-22(72-75(56,57)65-5-12-18(50)20(52)30(68-12)48-10-41-16-26(48)42-33(36)44-28(16)54)14(70-32(23)47-9-40-15-24(35)38-8-39-25(15)47)7-67-77(60,61)74-78(62,63)73-76(58,59)66-6-13-19(51)21(53)31(69-13)49-11-46(2)17-27(49)43-34(37)45-29(17)55/h8-14,18-23,30-32,50-53H,3-7H2,1-2H3,(H11-,35,36,37,38,39,42,43,44,45,54,55,56,57,58,59,60,61,62,63)/p+1/t12-,13-,14-,18?,19?,20+,21+,22?,23+,30-,31-,32-/m1/s1. The fourth-order valence-corrected chi connectivity index (χ4v) is 12.8. The number of aliphatic hydroxyl groups is 4. The van der Waals surface area contributed by atoms with E-state index in [2.05, 4.69) is 48.5 Å². The molecule has 0 spiro atoms. The molecule has 6 aromatic rings. The molecular weight excluding hydrogens is 1140 g/mol. The average Bonchev–Trinajstić information content (AvgIpc) is 4.20. The molecule has 44 heteroatoms. The Morgan fingerprint density at radius 2 is 1.26 bits per heavy atom. The van der Waals surface area contributed by atoms with E-state index in [9.17, 15) is 67.8 Å². The summed E-state index contributed by atoms with van der Waals surface area (Å²) in [6, 6.07) is 0. The number of imidazole rings is 3. The predicted molar refractivity (Wildman–Crippen MR) is 249 cm³/mol. The summed E-state index contributed by atoms with van der Waals surface area (Å²) in [4.78, 5) is 107. The molecule has 78 heavy (non-hydrogen) atoms. The molecule has 9 heterocycles. The van der Waals surface area contributed by atoms with Crippen molar-refractivity contribution in [2.24, 2.45) is 7.05 Å². The number of fused-ring (bicyclic) bond motifs is 3. The maximum absolute atomic E-state index is 13.8. The minimum Gasteiger partial charge on any atom is -0.387 e. The van der Waals surface area contributed by atoms with Crippen molar-refractivity contribution in [3.63, 3.8) is 0 Å². The van der Waals surface area contributed by atoms with Crippen LogP contribution in [0.3, 0.4) is 0 Å². The highest BCUT2D eigenvalue weighted by molar-refractivity contribution is 7.66. The first-order valence-electron chi connectivity index (χ1n) is 22.4. The summed E-state index contributed by atoms with van der Waals surface area (Å²) < 4.78 is 104. The highest BCUT2D eigenvalue weighted by atomic mass is 31.3. The van der Waals surface area contributed by atoms with Crippen LogP contribution >= 0.6 is 31.3 Å².